The molecule has 0 aliphatic heterocycles. The van der Waals surface area contributed by atoms with E-state index < -0.39 is 13.9 Å². The molecule has 164 valence electrons. The summed E-state index contributed by atoms with van der Waals surface area (Å²) in [5, 5.41) is 9.95. The zero-order valence-electron chi connectivity index (χ0n) is 19.6. The van der Waals surface area contributed by atoms with Crippen molar-refractivity contribution in [1.82, 2.24) is 0 Å². The van der Waals surface area contributed by atoms with E-state index in [4.69, 9.17) is 4.43 Å². The zero-order valence-corrected chi connectivity index (χ0v) is 20.6. The molecule has 3 nitrogen and oxygen atoms in total. The van der Waals surface area contributed by atoms with Crippen LogP contribution in [-0.2, 0) is 9.22 Å². The predicted octanol–water partition coefficient (Wildman–Crippen LogP) is 6.35. The maximum atomic E-state index is 12.2. The summed E-state index contributed by atoms with van der Waals surface area (Å²) in [4.78, 5) is 12.2. The summed E-state index contributed by atoms with van der Waals surface area (Å²) in [5.74, 6) is 1.88. The zero-order chi connectivity index (χ0) is 21.2. The highest BCUT2D eigenvalue weighted by molar-refractivity contribution is 6.73. The molecule has 0 amide bonds. The second kappa shape index (κ2) is 9.30. The number of Topliss-reactive ketones (excluding diaryl/α,β-unsaturated/α-hetero) is 1. The molecule has 0 heterocycles. The van der Waals surface area contributed by atoms with E-state index in [0.29, 0.717) is 35.7 Å². The molecule has 4 heteroatoms. The third kappa shape index (κ3) is 4.92. The quantitative estimate of drug-likeness (QED) is 0.427. The number of rotatable bonds is 10. The molecule has 1 N–H and O–H groups in total. The van der Waals surface area contributed by atoms with Gasteiger partial charge in [0.25, 0.3) is 0 Å². The average Bonchev–Trinajstić information content (AvgIpc) is 3.01. The first-order valence-electron chi connectivity index (χ1n) is 12.0. The van der Waals surface area contributed by atoms with Crippen molar-refractivity contribution in [1.29, 1.82) is 0 Å². The Hall–Kier alpha value is -0.193. The summed E-state index contributed by atoms with van der Waals surface area (Å²) in [6.45, 7) is 15.1. The van der Waals surface area contributed by atoms with Crippen LogP contribution in [0.15, 0.2) is 0 Å². The second-order valence-corrected chi connectivity index (χ2v) is 15.3. The Bertz CT molecular complexity index is 514. The van der Waals surface area contributed by atoms with Crippen molar-refractivity contribution in [3.63, 3.8) is 0 Å². The molecule has 0 aromatic carbocycles. The van der Waals surface area contributed by atoms with Crippen molar-refractivity contribution in [3.05, 3.63) is 0 Å². The van der Waals surface area contributed by atoms with Gasteiger partial charge in [-0.15, -0.1) is 0 Å². The Morgan fingerprint density at radius 1 is 1.18 bits per heavy atom. The van der Waals surface area contributed by atoms with Gasteiger partial charge in [-0.25, -0.2) is 0 Å². The first-order chi connectivity index (χ1) is 13.0. The molecule has 0 aromatic heterocycles. The molecule has 2 fully saturated rings. The van der Waals surface area contributed by atoms with Crippen LogP contribution in [0.2, 0.25) is 18.1 Å². The highest BCUT2D eigenvalue weighted by Crippen LogP contribution is 2.59. The van der Waals surface area contributed by atoms with Crippen LogP contribution >= 0.6 is 0 Å². The Morgan fingerprint density at radius 2 is 1.79 bits per heavy atom. The highest BCUT2D eigenvalue weighted by atomic mass is 28.4. The highest BCUT2D eigenvalue weighted by Gasteiger charge is 2.53. The van der Waals surface area contributed by atoms with E-state index >= 15 is 0 Å². The lowest BCUT2D eigenvalue weighted by Gasteiger charge is -2.49. The van der Waals surface area contributed by atoms with Gasteiger partial charge in [0.1, 0.15) is 5.60 Å². The molecule has 2 saturated carbocycles. The van der Waals surface area contributed by atoms with Gasteiger partial charge >= 0.3 is 0 Å². The van der Waals surface area contributed by atoms with Crippen molar-refractivity contribution in [2.24, 2.45) is 23.2 Å². The molecule has 0 radical (unpaired) electrons. The van der Waals surface area contributed by atoms with E-state index in [9.17, 15) is 9.90 Å². The molecule has 2 rings (SSSR count). The lowest BCUT2D eigenvalue weighted by molar-refractivity contribution is -0.134. The van der Waals surface area contributed by atoms with E-state index in [1.165, 1.54) is 50.2 Å². The monoisotopic (exact) mass is 410 g/mol. The largest absolute Gasteiger partial charge is 0.414 e. The first kappa shape index (κ1) is 24.1. The van der Waals surface area contributed by atoms with Gasteiger partial charge in [0.05, 0.1) is 0 Å². The molecule has 0 bridgehead atoms. The van der Waals surface area contributed by atoms with E-state index in [1.807, 2.05) is 0 Å². The third-order valence-electron chi connectivity index (χ3n) is 8.67. The van der Waals surface area contributed by atoms with Crippen LogP contribution in [0, 0.1) is 23.2 Å². The maximum absolute atomic E-state index is 12.2. The van der Waals surface area contributed by atoms with Crippen LogP contribution in [0.1, 0.15) is 93.4 Å². The Kier molecular flexibility index (Phi) is 8.00. The molecule has 2 aliphatic rings. The minimum atomic E-state index is -1.57. The molecule has 28 heavy (non-hydrogen) atoms. The number of hydrogen-bond donors (Lipinski definition) is 1. The number of ketones is 1. The van der Waals surface area contributed by atoms with Gasteiger partial charge in [-0.05, 0) is 87.3 Å². The lowest BCUT2D eigenvalue weighted by Crippen LogP contribution is -2.48. The first-order valence-corrected chi connectivity index (χ1v) is 14.5. The van der Waals surface area contributed by atoms with Crippen LogP contribution in [-0.4, -0.2) is 30.9 Å². The summed E-state index contributed by atoms with van der Waals surface area (Å²) >= 11 is 0. The van der Waals surface area contributed by atoms with Gasteiger partial charge in [0, 0.05) is 12.5 Å². The fraction of sp³-hybridized carbons (Fsp3) is 0.958. The van der Waals surface area contributed by atoms with Crippen molar-refractivity contribution >= 4 is 14.1 Å². The summed E-state index contributed by atoms with van der Waals surface area (Å²) in [6.07, 6.45) is 8.26. The topological polar surface area (TPSA) is 46.5 Å². The summed E-state index contributed by atoms with van der Waals surface area (Å²) in [5.41, 5.74) is -0.838. The van der Waals surface area contributed by atoms with Crippen molar-refractivity contribution in [2.75, 3.05) is 0 Å². The number of aliphatic hydroxyl groups is 1. The molecule has 0 spiro atoms. The number of carbonyl (C=O) groups is 1. The lowest BCUT2D eigenvalue weighted by atomic mass is 9.61. The Labute approximate surface area is 175 Å². The molecular weight excluding hydrogens is 364 g/mol. The normalized spacial score (nSPS) is 32.2. The van der Waals surface area contributed by atoms with Crippen LogP contribution < -0.4 is 0 Å². The minimum Gasteiger partial charge on any atom is -0.414 e. The summed E-state index contributed by atoms with van der Waals surface area (Å²) < 4.78 is 7.03. The smallest absolute Gasteiger partial charge is 0.192 e. The average molecular weight is 411 g/mol. The van der Waals surface area contributed by atoms with Crippen molar-refractivity contribution in [2.45, 2.75) is 123 Å². The van der Waals surface area contributed by atoms with E-state index in [1.54, 1.807) is 13.8 Å². The van der Waals surface area contributed by atoms with Gasteiger partial charge in [0.2, 0.25) is 0 Å². The van der Waals surface area contributed by atoms with Gasteiger partial charge in [-0.1, -0.05) is 41.0 Å². The fourth-order valence-electron chi connectivity index (χ4n) is 6.42. The fourth-order valence-corrected chi connectivity index (χ4v) is 9.35. The molecule has 5 atom stereocenters. The van der Waals surface area contributed by atoms with Crippen LogP contribution in [0.5, 0.6) is 0 Å². The summed E-state index contributed by atoms with van der Waals surface area (Å²) in [6, 6.07) is 3.70. The van der Waals surface area contributed by atoms with Crippen LogP contribution in [0.4, 0.5) is 0 Å². The number of carbonyl (C=O) groups excluding carboxylic acids is 1. The van der Waals surface area contributed by atoms with Crippen molar-refractivity contribution in [3.8, 4) is 0 Å². The minimum absolute atomic E-state index is 0.0199. The predicted molar refractivity (Wildman–Crippen MR) is 120 cm³/mol. The molecule has 2 aliphatic carbocycles. The van der Waals surface area contributed by atoms with Gasteiger partial charge < -0.3 is 9.53 Å². The molecule has 4 unspecified atom stereocenters. The molecular formula is C24H46O3Si. The van der Waals surface area contributed by atoms with Crippen molar-refractivity contribution < 1.29 is 14.3 Å². The van der Waals surface area contributed by atoms with E-state index in [-0.39, 0.29) is 5.78 Å². The van der Waals surface area contributed by atoms with Gasteiger partial charge in [-0.3, -0.25) is 4.79 Å². The Balaban J connectivity index is 2.07. The molecule has 0 aromatic rings. The SMILES string of the molecule is CC[Si](CC)(CC)OC1CCC[C@]2(C)C(C(C)CCC(=O)C(C)(C)O)CCC12. The van der Waals surface area contributed by atoms with E-state index in [0.717, 1.165) is 6.42 Å². The van der Waals surface area contributed by atoms with Crippen LogP contribution in [0.3, 0.4) is 0 Å². The Morgan fingerprint density at radius 3 is 2.32 bits per heavy atom. The van der Waals surface area contributed by atoms with Gasteiger partial charge in [-0.2, -0.15) is 0 Å². The number of fused-ring (bicyclic) bond motifs is 1. The summed E-state index contributed by atoms with van der Waals surface area (Å²) in [7, 11) is -1.57. The number of hydrogen-bond acceptors (Lipinski definition) is 3. The van der Waals surface area contributed by atoms with Gasteiger partial charge in [0.15, 0.2) is 14.1 Å². The standard InChI is InChI=1S/C24H46O3Si/c1-8-28(9-2,10-3)27-21-12-11-17-24(7)19(14-15-20(21)24)18(4)13-16-22(25)23(5,6)26/h18-21,26H,8-17H2,1-7H3/t18?,19?,20?,21?,24-/m1/s1. The van der Waals surface area contributed by atoms with Crippen LogP contribution in [0.25, 0.3) is 0 Å². The molecule has 0 saturated heterocycles. The second-order valence-electron chi connectivity index (χ2n) is 10.6. The third-order valence-corrected chi connectivity index (χ3v) is 13.3. The van der Waals surface area contributed by atoms with E-state index in [2.05, 4.69) is 34.6 Å². The maximum Gasteiger partial charge on any atom is 0.192 e.